The molecule has 0 saturated carbocycles. The molecular formula is C27H22BrFN2O3. The van der Waals surface area contributed by atoms with Gasteiger partial charge < -0.3 is 9.47 Å². The molecular weight excluding hydrogens is 499 g/mol. The van der Waals surface area contributed by atoms with Crippen LogP contribution in [-0.2, 0) is 11.4 Å². The first-order valence-corrected chi connectivity index (χ1v) is 11.4. The predicted molar refractivity (Wildman–Crippen MR) is 135 cm³/mol. The molecule has 0 bridgehead atoms. The third-order valence-electron chi connectivity index (χ3n) is 5.10. The Morgan fingerprint density at radius 2 is 1.76 bits per heavy atom. The number of amides is 1. The lowest BCUT2D eigenvalue weighted by Gasteiger charge is -2.14. The van der Waals surface area contributed by atoms with Crippen LogP contribution in [0.3, 0.4) is 0 Å². The summed E-state index contributed by atoms with van der Waals surface area (Å²) in [6.45, 7) is 1.92. The highest BCUT2D eigenvalue weighted by atomic mass is 79.9. The van der Waals surface area contributed by atoms with Crippen molar-refractivity contribution in [1.29, 1.82) is 0 Å². The number of ether oxygens (including phenoxy) is 2. The minimum atomic E-state index is -0.736. The Hall–Kier alpha value is -3.71. The normalized spacial score (nSPS) is 12.0. The van der Waals surface area contributed by atoms with E-state index in [4.69, 9.17) is 9.47 Å². The summed E-state index contributed by atoms with van der Waals surface area (Å²) in [6.07, 6.45) is 0.826. The van der Waals surface area contributed by atoms with Crippen molar-refractivity contribution in [3.8, 4) is 11.5 Å². The van der Waals surface area contributed by atoms with Crippen LogP contribution in [0.4, 0.5) is 4.39 Å². The highest BCUT2D eigenvalue weighted by Crippen LogP contribution is 2.27. The van der Waals surface area contributed by atoms with E-state index >= 15 is 0 Å². The maximum absolute atomic E-state index is 13.2. The van der Waals surface area contributed by atoms with Crippen LogP contribution in [0.1, 0.15) is 18.1 Å². The molecule has 0 radical (unpaired) electrons. The summed E-state index contributed by atoms with van der Waals surface area (Å²) in [6, 6.07) is 25.0. The molecule has 0 heterocycles. The summed E-state index contributed by atoms with van der Waals surface area (Å²) in [4.78, 5) is 12.5. The first-order valence-electron chi connectivity index (χ1n) is 10.6. The SMILES string of the molecule is CC(Oc1ccc(Br)cc1)C(=O)NN=Cc1c(OCc2ccc(F)cc2)ccc2ccccc12. The van der Waals surface area contributed by atoms with Gasteiger partial charge in [0.15, 0.2) is 6.10 Å². The molecule has 4 aromatic carbocycles. The lowest BCUT2D eigenvalue weighted by Crippen LogP contribution is -2.33. The van der Waals surface area contributed by atoms with Crippen molar-refractivity contribution >= 4 is 38.8 Å². The van der Waals surface area contributed by atoms with Crippen LogP contribution in [0, 0.1) is 5.82 Å². The van der Waals surface area contributed by atoms with Crippen molar-refractivity contribution in [1.82, 2.24) is 5.43 Å². The fourth-order valence-electron chi connectivity index (χ4n) is 3.30. The van der Waals surface area contributed by atoms with Gasteiger partial charge in [0.25, 0.3) is 5.91 Å². The number of carbonyl (C=O) groups excluding carboxylic acids is 1. The van der Waals surface area contributed by atoms with Gasteiger partial charge in [-0.3, -0.25) is 4.79 Å². The largest absolute Gasteiger partial charge is 0.488 e. The zero-order chi connectivity index (χ0) is 23.9. The monoisotopic (exact) mass is 520 g/mol. The van der Waals surface area contributed by atoms with Gasteiger partial charge in [0, 0.05) is 10.0 Å². The van der Waals surface area contributed by atoms with Gasteiger partial charge >= 0.3 is 0 Å². The fraction of sp³-hybridized carbons (Fsp3) is 0.111. The molecule has 1 atom stereocenters. The molecule has 0 fully saturated rings. The number of nitrogens with zero attached hydrogens (tertiary/aromatic N) is 1. The highest BCUT2D eigenvalue weighted by molar-refractivity contribution is 9.10. The smallest absolute Gasteiger partial charge is 0.280 e. The first kappa shape index (κ1) is 23.4. The average molecular weight is 521 g/mol. The first-order chi connectivity index (χ1) is 16.5. The van der Waals surface area contributed by atoms with Crippen LogP contribution in [0.25, 0.3) is 10.8 Å². The van der Waals surface area contributed by atoms with Crippen molar-refractivity contribution < 1.29 is 18.7 Å². The molecule has 34 heavy (non-hydrogen) atoms. The Labute approximate surface area is 205 Å². The van der Waals surface area contributed by atoms with Gasteiger partial charge in [0.2, 0.25) is 0 Å². The van der Waals surface area contributed by atoms with E-state index in [0.29, 0.717) is 11.5 Å². The predicted octanol–water partition coefficient (Wildman–Crippen LogP) is 6.24. The summed E-state index contributed by atoms with van der Waals surface area (Å²) in [5, 5.41) is 6.09. The summed E-state index contributed by atoms with van der Waals surface area (Å²) in [7, 11) is 0. The second-order valence-electron chi connectivity index (χ2n) is 7.56. The van der Waals surface area contributed by atoms with Gasteiger partial charge in [-0.2, -0.15) is 5.10 Å². The van der Waals surface area contributed by atoms with Crippen LogP contribution < -0.4 is 14.9 Å². The number of halogens is 2. The third-order valence-corrected chi connectivity index (χ3v) is 5.63. The fourth-order valence-corrected chi connectivity index (χ4v) is 3.56. The second kappa shape index (κ2) is 10.9. The molecule has 0 saturated heterocycles. The standard InChI is InChI=1S/C27H22BrFN2O3/c1-18(34-23-13-9-21(28)10-14-23)27(32)31-30-16-25-24-5-3-2-4-20(24)8-15-26(25)33-17-19-6-11-22(29)12-7-19/h2-16,18H,17H2,1H3,(H,31,32). The van der Waals surface area contributed by atoms with Crippen molar-refractivity contribution in [3.05, 3.63) is 106 Å². The molecule has 1 unspecified atom stereocenters. The number of rotatable bonds is 8. The maximum Gasteiger partial charge on any atom is 0.280 e. The Morgan fingerprint density at radius 3 is 2.53 bits per heavy atom. The molecule has 0 aliphatic heterocycles. The molecule has 7 heteroatoms. The van der Waals surface area contributed by atoms with E-state index < -0.39 is 6.10 Å². The second-order valence-corrected chi connectivity index (χ2v) is 8.48. The van der Waals surface area contributed by atoms with Crippen LogP contribution in [0.2, 0.25) is 0 Å². The lowest BCUT2D eigenvalue weighted by atomic mass is 10.0. The Bertz CT molecular complexity index is 1310. The van der Waals surface area contributed by atoms with E-state index in [1.807, 2.05) is 48.5 Å². The van der Waals surface area contributed by atoms with Crippen molar-refractivity contribution in [3.63, 3.8) is 0 Å². The molecule has 1 N–H and O–H groups in total. The van der Waals surface area contributed by atoms with E-state index in [9.17, 15) is 9.18 Å². The van der Waals surface area contributed by atoms with Gasteiger partial charge in [-0.25, -0.2) is 9.82 Å². The maximum atomic E-state index is 13.2. The lowest BCUT2D eigenvalue weighted by molar-refractivity contribution is -0.127. The number of hydrogen-bond donors (Lipinski definition) is 1. The van der Waals surface area contributed by atoms with Crippen molar-refractivity contribution in [2.45, 2.75) is 19.6 Å². The van der Waals surface area contributed by atoms with Crippen LogP contribution in [-0.4, -0.2) is 18.2 Å². The van der Waals surface area contributed by atoms with Crippen molar-refractivity contribution in [2.75, 3.05) is 0 Å². The number of fused-ring (bicyclic) bond motifs is 1. The number of hydrazone groups is 1. The molecule has 5 nitrogen and oxygen atoms in total. The molecule has 0 spiro atoms. The van der Waals surface area contributed by atoms with Gasteiger partial charge in [-0.1, -0.05) is 58.4 Å². The van der Waals surface area contributed by atoms with E-state index in [0.717, 1.165) is 26.4 Å². The molecule has 4 rings (SSSR count). The van der Waals surface area contributed by atoms with Crippen LogP contribution in [0.5, 0.6) is 11.5 Å². The Balaban J connectivity index is 1.48. The Morgan fingerprint density at radius 1 is 1.03 bits per heavy atom. The quantitative estimate of drug-likeness (QED) is 0.221. The van der Waals surface area contributed by atoms with E-state index in [-0.39, 0.29) is 18.3 Å². The zero-order valence-corrected chi connectivity index (χ0v) is 20.0. The van der Waals surface area contributed by atoms with Crippen molar-refractivity contribution in [2.24, 2.45) is 5.10 Å². The molecule has 0 aliphatic rings. The highest BCUT2D eigenvalue weighted by Gasteiger charge is 2.14. The van der Waals surface area contributed by atoms with Gasteiger partial charge in [-0.15, -0.1) is 0 Å². The molecule has 0 aromatic heterocycles. The average Bonchev–Trinajstić information content (AvgIpc) is 2.85. The number of carbonyl (C=O) groups is 1. The van der Waals surface area contributed by atoms with E-state index in [1.54, 1.807) is 37.4 Å². The Kier molecular flexibility index (Phi) is 7.54. The topological polar surface area (TPSA) is 59.9 Å². The van der Waals surface area contributed by atoms with Gasteiger partial charge in [0.05, 0.1) is 6.21 Å². The minimum Gasteiger partial charge on any atom is -0.488 e. The van der Waals surface area contributed by atoms with Crippen LogP contribution >= 0.6 is 15.9 Å². The number of hydrogen-bond acceptors (Lipinski definition) is 4. The summed E-state index contributed by atoms with van der Waals surface area (Å²) >= 11 is 3.37. The van der Waals surface area contributed by atoms with E-state index in [2.05, 4.69) is 26.5 Å². The van der Waals surface area contributed by atoms with Crippen LogP contribution in [0.15, 0.2) is 94.5 Å². The summed E-state index contributed by atoms with van der Waals surface area (Å²) in [5.74, 6) is 0.505. The third kappa shape index (κ3) is 5.99. The molecule has 0 aliphatic carbocycles. The molecule has 172 valence electrons. The number of nitrogens with one attached hydrogen (secondary N) is 1. The van der Waals surface area contributed by atoms with Gasteiger partial charge in [-0.05, 0) is 65.7 Å². The summed E-state index contributed by atoms with van der Waals surface area (Å²) in [5.41, 5.74) is 4.10. The minimum absolute atomic E-state index is 0.268. The van der Waals surface area contributed by atoms with E-state index in [1.165, 1.54) is 12.1 Å². The van der Waals surface area contributed by atoms with Gasteiger partial charge in [0.1, 0.15) is 23.9 Å². The zero-order valence-electron chi connectivity index (χ0n) is 18.4. The summed E-state index contributed by atoms with van der Waals surface area (Å²) < 4.78 is 25.8. The molecule has 1 amide bonds. The number of benzene rings is 4. The molecule has 4 aromatic rings.